The van der Waals surface area contributed by atoms with Crippen LogP contribution in [-0.4, -0.2) is 30.7 Å². The SMILES string of the molecule is CCCNc1ccccc1C(=O)NCC(CC)CCO. The number of anilines is 1. The van der Waals surface area contributed by atoms with E-state index in [9.17, 15) is 4.79 Å². The summed E-state index contributed by atoms with van der Waals surface area (Å²) in [4.78, 5) is 12.2. The van der Waals surface area contributed by atoms with Crippen molar-refractivity contribution in [3.8, 4) is 0 Å². The molecule has 0 heterocycles. The van der Waals surface area contributed by atoms with Crippen molar-refractivity contribution in [3.63, 3.8) is 0 Å². The Morgan fingerprint density at radius 3 is 2.70 bits per heavy atom. The molecule has 4 heteroatoms. The molecular weight excluding hydrogens is 252 g/mol. The standard InChI is InChI=1S/C16H26N2O2/c1-3-10-17-15-8-6-5-7-14(15)16(20)18-12-13(4-2)9-11-19/h5-8,13,17,19H,3-4,9-12H2,1-2H3,(H,18,20). The van der Waals surface area contributed by atoms with Crippen molar-refractivity contribution in [2.24, 2.45) is 5.92 Å². The Bertz CT molecular complexity index is 407. The summed E-state index contributed by atoms with van der Waals surface area (Å²) < 4.78 is 0. The van der Waals surface area contributed by atoms with Gasteiger partial charge in [0, 0.05) is 25.4 Å². The van der Waals surface area contributed by atoms with Crippen molar-refractivity contribution in [3.05, 3.63) is 29.8 Å². The zero-order valence-corrected chi connectivity index (χ0v) is 12.5. The van der Waals surface area contributed by atoms with Gasteiger partial charge in [-0.25, -0.2) is 0 Å². The molecule has 1 atom stereocenters. The number of benzene rings is 1. The summed E-state index contributed by atoms with van der Waals surface area (Å²) >= 11 is 0. The minimum absolute atomic E-state index is 0.0550. The maximum absolute atomic E-state index is 12.2. The van der Waals surface area contributed by atoms with E-state index in [1.165, 1.54) is 0 Å². The summed E-state index contributed by atoms with van der Waals surface area (Å²) in [5.41, 5.74) is 1.56. The normalized spacial score (nSPS) is 11.9. The molecule has 0 aliphatic rings. The number of nitrogens with one attached hydrogen (secondary N) is 2. The van der Waals surface area contributed by atoms with Crippen LogP contribution < -0.4 is 10.6 Å². The third kappa shape index (κ3) is 5.21. The Kier molecular flexibility index (Phi) is 7.73. The van der Waals surface area contributed by atoms with Crippen LogP contribution in [-0.2, 0) is 0 Å². The zero-order chi connectivity index (χ0) is 14.8. The number of rotatable bonds is 9. The number of aliphatic hydroxyl groups excluding tert-OH is 1. The molecule has 112 valence electrons. The van der Waals surface area contributed by atoms with Crippen LogP contribution in [0.4, 0.5) is 5.69 Å². The average molecular weight is 278 g/mol. The molecule has 0 saturated heterocycles. The molecule has 1 aromatic rings. The summed E-state index contributed by atoms with van der Waals surface area (Å²) in [6.07, 6.45) is 2.70. The number of carbonyl (C=O) groups is 1. The predicted molar refractivity (Wildman–Crippen MR) is 83.0 cm³/mol. The number of amides is 1. The molecule has 0 aromatic heterocycles. The summed E-state index contributed by atoms with van der Waals surface area (Å²) in [6.45, 7) is 5.80. The first-order valence-corrected chi connectivity index (χ1v) is 7.44. The van der Waals surface area contributed by atoms with E-state index in [1.54, 1.807) is 0 Å². The quantitative estimate of drug-likeness (QED) is 0.651. The van der Waals surface area contributed by atoms with E-state index in [0.717, 1.165) is 31.5 Å². The van der Waals surface area contributed by atoms with Crippen LogP contribution in [0.5, 0.6) is 0 Å². The summed E-state index contributed by atoms with van der Waals surface area (Å²) in [7, 11) is 0. The molecule has 0 radical (unpaired) electrons. The number of hydrogen-bond donors (Lipinski definition) is 3. The first-order chi connectivity index (χ1) is 9.72. The zero-order valence-electron chi connectivity index (χ0n) is 12.5. The molecule has 1 amide bonds. The topological polar surface area (TPSA) is 61.4 Å². The summed E-state index contributed by atoms with van der Waals surface area (Å²) in [6, 6.07) is 7.56. The van der Waals surface area contributed by atoms with E-state index in [0.29, 0.717) is 18.0 Å². The van der Waals surface area contributed by atoms with E-state index in [1.807, 2.05) is 24.3 Å². The molecule has 0 bridgehead atoms. The van der Waals surface area contributed by atoms with Crippen LogP contribution in [0.25, 0.3) is 0 Å². The van der Waals surface area contributed by atoms with Crippen molar-refractivity contribution in [1.82, 2.24) is 5.32 Å². The fourth-order valence-corrected chi connectivity index (χ4v) is 2.06. The maximum Gasteiger partial charge on any atom is 0.253 e. The number of hydrogen-bond acceptors (Lipinski definition) is 3. The first-order valence-electron chi connectivity index (χ1n) is 7.44. The van der Waals surface area contributed by atoms with E-state index in [-0.39, 0.29) is 12.5 Å². The van der Waals surface area contributed by atoms with Gasteiger partial charge in [-0.3, -0.25) is 4.79 Å². The lowest BCUT2D eigenvalue weighted by atomic mass is 10.0. The monoisotopic (exact) mass is 278 g/mol. The Balaban J connectivity index is 2.62. The van der Waals surface area contributed by atoms with Crippen molar-refractivity contribution >= 4 is 11.6 Å². The van der Waals surface area contributed by atoms with Gasteiger partial charge in [0.05, 0.1) is 5.56 Å². The van der Waals surface area contributed by atoms with Gasteiger partial charge in [0.15, 0.2) is 0 Å². The highest BCUT2D eigenvalue weighted by Gasteiger charge is 2.12. The highest BCUT2D eigenvalue weighted by molar-refractivity contribution is 5.99. The second-order valence-electron chi connectivity index (χ2n) is 4.97. The summed E-state index contributed by atoms with van der Waals surface area (Å²) in [5.74, 6) is 0.278. The van der Waals surface area contributed by atoms with Gasteiger partial charge in [-0.2, -0.15) is 0 Å². The number of para-hydroxylation sites is 1. The van der Waals surface area contributed by atoms with Crippen LogP contribution in [0, 0.1) is 5.92 Å². The average Bonchev–Trinajstić information content (AvgIpc) is 2.49. The van der Waals surface area contributed by atoms with Crippen LogP contribution in [0.15, 0.2) is 24.3 Å². The highest BCUT2D eigenvalue weighted by Crippen LogP contribution is 2.15. The van der Waals surface area contributed by atoms with Crippen molar-refractivity contribution in [2.75, 3.05) is 25.0 Å². The molecule has 0 spiro atoms. The fraction of sp³-hybridized carbons (Fsp3) is 0.562. The first kappa shape index (κ1) is 16.5. The minimum Gasteiger partial charge on any atom is -0.396 e. The van der Waals surface area contributed by atoms with Gasteiger partial charge in [0.25, 0.3) is 5.91 Å². The molecule has 1 rings (SSSR count). The smallest absolute Gasteiger partial charge is 0.253 e. The highest BCUT2D eigenvalue weighted by atomic mass is 16.3. The molecule has 3 N–H and O–H groups in total. The molecule has 0 aliphatic carbocycles. The second-order valence-corrected chi connectivity index (χ2v) is 4.97. The van der Waals surface area contributed by atoms with E-state index >= 15 is 0 Å². The van der Waals surface area contributed by atoms with Crippen LogP contribution >= 0.6 is 0 Å². The fourth-order valence-electron chi connectivity index (χ4n) is 2.06. The molecule has 0 saturated carbocycles. The maximum atomic E-state index is 12.2. The molecule has 1 unspecified atom stereocenters. The minimum atomic E-state index is -0.0550. The third-order valence-corrected chi connectivity index (χ3v) is 3.40. The molecule has 4 nitrogen and oxygen atoms in total. The van der Waals surface area contributed by atoms with Crippen molar-refractivity contribution < 1.29 is 9.90 Å². The molecule has 0 aliphatic heterocycles. The van der Waals surface area contributed by atoms with Gasteiger partial charge in [-0.05, 0) is 30.9 Å². The van der Waals surface area contributed by atoms with E-state index in [4.69, 9.17) is 5.11 Å². The van der Waals surface area contributed by atoms with Gasteiger partial charge >= 0.3 is 0 Å². The van der Waals surface area contributed by atoms with Gasteiger partial charge in [0.1, 0.15) is 0 Å². The Labute approximate surface area is 121 Å². The van der Waals surface area contributed by atoms with E-state index in [2.05, 4.69) is 24.5 Å². The lowest BCUT2D eigenvalue weighted by Gasteiger charge is -2.16. The van der Waals surface area contributed by atoms with Crippen molar-refractivity contribution in [2.45, 2.75) is 33.1 Å². The van der Waals surface area contributed by atoms with E-state index < -0.39 is 0 Å². The molecule has 0 fully saturated rings. The van der Waals surface area contributed by atoms with Crippen molar-refractivity contribution in [1.29, 1.82) is 0 Å². The van der Waals surface area contributed by atoms with Crippen LogP contribution in [0.2, 0.25) is 0 Å². The molecular formula is C16H26N2O2. The van der Waals surface area contributed by atoms with Gasteiger partial charge < -0.3 is 15.7 Å². The van der Waals surface area contributed by atoms with Gasteiger partial charge in [-0.15, -0.1) is 0 Å². The Morgan fingerprint density at radius 1 is 1.30 bits per heavy atom. The predicted octanol–water partition coefficient (Wildman–Crippen LogP) is 2.65. The lowest BCUT2D eigenvalue weighted by Crippen LogP contribution is -2.30. The Hall–Kier alpha value is -1.55. The van der Waals surface area contributed by atoms with Gasteiger partial charge in [-0.1, -0.05) is 32.4 Å². The largest absolute Gasteiger partial charge is 0.396 e. The molecule has 1 aromatic carbocycles. The summed E-state index contributed by atoms with van der Waals surface area (Å²) in [5, 5.41) is 15.2. The number of aliphatic hydroxyl groups is 1. The van der Waals surface area contributed by atoms with Crippen LogP contribution in [0.3, 0.4) is 0 Å². The van der Waals surface area contributed by atoms with Crippen LogP contribution in [0.1, 0.15) is 43.5 Å². The second kappa shape index (κ2) is 9.37. The molecule has 20 heavy (non-hydrogen) atoms. The van der Waals surface area contributed by atoms with Gasteiger partial charge in [0.2, 0.25) is 0 Å². The Morgan fingerprint density at radius 2 is 2.05 bits per heavy atom. The lowest BCUT2D eigenvalue weighted by molar-refractivity contribution is 0.0944. The number of carbonyl (C=O) groups excluding carboxylic acids is 1. The third-order valence-electron chi connectivity index (χ3n) is 3.40.